The molecule has 0 spiro atoms. The van der Waals surface area contributed by atoms with Crippen LogP contribution in [0, 0.1) is 0 Å². The summed E-state index contributed by atoms with van der Waals surface area (Å²) in [5, 5.41) is 0. The van der Waals surface area contributed by atoms with E-state index in [0.29, 0.717) is 11.3 Å². The van der Waals surface area contributed by atoms with Crippen LogP contribution in [0.2, 0.25) is 0 Å². The van der Waals surface area contributed by atoms with Gasteiger partial charge in [-0.1, -0.05) is 18.2 Å². The molecular formula is C23H28N2O4S. The summed E-state index contributed by atoms with van der Waals surface area (Å²) >= 11 is 0. The molecule has 1 aliphatic rings. The second kappa shape index (κ2) is 9.91. The molecule has 1 amide bonds. The molecule has 0 unspecified atom stereocenters. The van der Waals surface area contributed by atoms with Gasteiger partial charge in [-0.15, -0.1) is 6.58 Å². The monoisotopic (exact) mass is 428 g/mol. The lowest BCUT2D eigenvalue weighted by molar-refractivity contribution is 0.0724. The highest BCUT2D eigenvalue weighted by molar-refractivity contribution is 7.89. The average molecular weight is 429 g/mol. The fourth-order valence-corrected chi connectivity index (χ4v) is 4.92. The van der Waals surface area contributed by atoms with Crippen LogP contribution in [0.4, 0.5) is 0 Å². The number of carbonyl (C=O) groups is 1. The zero-order valence-electron chi connectivity index (χ0n) is 17.3. The summed E-state index contributed by atoms with van der Waals surface area (Å²) in [4.78, 5) is 14.7. The van der Waals surface area contributed by atoms with E-state index in [-0.39, 0.29) is 23.9 Å². The zero-order chi connectivity index (χ0) is 21.6. The van der Waals surface area contributed by atoms with Gasteiger partial charge in [0, 0.05) is 31.7 Å². The lowest BCUT2D eigenvalue weighted by atomic mass is 10.1. The van der Waals surface area contributed by atoms with Crippen LogP contribution in [0.25, 0.3) is 0 Å². The van der Waals surface area contributed by atoms with Crippen LogP contribution < -0.4 is 4.74 Å². The van der Waals surface area contributed by atoms with Crippen molar-refractivity contribution < 1.29 is 17.9 Å². The largest absolute Gasteiger partial charge is 0.497 e. The molecular weight excluding hydrogens is 400 g/mol. The Morgan fingerprint density at radius 3 is 2.27 bits per heavy atom. The molecule has 2 aromatic carbocycles. The van der Waals surface area contributed by atoms with E-state index in [0.717, 1.165) is 31.5 Å². The number of methoxy groups -OCH3 is 1. The summed E-state index contributed by atoms with van der Waals surface area (Å²) in [5.74, 6) is 0.633. The van der Waals surface area contributed by atoms with Crippen molar-refractivity contribution in [2.45, 2.75) is 30.7 Å². The third-order valence-electron chi connectivity index (χ3n) is 5.23. The maximum Gasteiger partial charge on any atom is 0.253 e. The summed E-state index contributed by atoms with van der Waals surface area (Å²) in [7, 11) is -2.16. The topological polar surface area (TPSA) is 66.9 Å². The smallest absolute Gasteiger partial charge is 0.253 e. The van der Waals surface area contributed by atoms with Crippen molar-refractivity contribution >= 4 is 15.9 Å². The van der Waals surface area contributed by atoms with Crippen LogP contribution >= 0.6 is 0 Å². The Balaban J connectivity index is 1.75. The Morgan fingerprint density at radius 1 is 1.07 bits per heavy atom. The van der Waals surface area contributed by atoms with Gasteiger partial charge in [0.15, 0.2) is 0 Å². The standard InChI is InChI=1S/C23H28N2O4S/c1-3-15-25(30(27,28)22-13-11-21(29-2)12-14-22)18-19-7-9-20(10-8-19)23(26)24-16-5-4-6-17-24/h3,7-14H,1,4-6,15-18H2,2H3. The molecule has 1 fully saturated rings. The van der Waals surface area contributed by atoms with Crippen LogP contribution in [-0.2, 0) is 16.6 Å². The number of amides is 1. The molecule has 0 aromatic heterocycles. The van der Waals surface area contributed by atoms with E-state index < -0.39 is 10.0 Å². The van der Waals surface area contributed by atoms with Crippen LogP contribution in [0.3, 0.4) is 0 Å². The summed E-state index contributed by atoms with van der Waals surface area (Å²) in [6.45, 7) is 5.66. The molecule has 2 aromatic rings. The Hall–Kier alpha value is -2.64. The molecule has 160 valence electrons. The minimum Gasteiger partial charge on any atom is -0.497 e. The third-order valence-corrected chi connectivity index (χ3v) is 7.06. The average Bonchev–Trinajstić information content (AvgIpc) is 2.79. The van der Waals surface area contributed by atoms with Gasteiger partial charge in [-0.2, -0.15) is 4.31 Å². The summed E-state index contributed by atoms with van der Waals surface area (Å²) in [5.41, 5.74) is 1.44. The summed E-state index contributed by atoms with van der Waals surface area (Å²) in [6, 6.07) is 13.5. The van der Waals surface area contributed by atoms with Gasteiger partial charge >= 0.3 is 0 Å². The van der Waals surface area contributed by atoms with E-state index in [1.54, 1.807) is 30.3 Å². The fraction of sp³-hybridized carbons (Fsp3) is 0.348. The highest BCUT2D eigenvalue weighted by Gasteiger charge is 2.24. The molecule has 0 aliphatic carbocycles. The number of nitrogens with zero attached hydrogens (tertiary/aromatic N) is 2. The van der Waals surface area contributed by atoms with E-state index in [9.17, 15) is 13.2 Å². The van der Waals surface area contributed by atoms with Gasteiger partial charge < -0.3 is 9.64 Å². The van der Waals surface area contributed by atoms with Gasteiger partial charge in [-0.25, -0.2) is 8.42 Å². The second-order valence-corrected chi connectivity index (χ2v) is 9.25. The number of piperidine rings is 1. The van der Waals surface area contributed by atoms with Crippen molar-refractivity contribution in [1.29, 1.82) is 0 Å². The number of ether oxygens (including phenoxy) is 1. The third kappa shape index (κ3) is 5.09. The Morgan fingerprint density at radius 2 is 1.70 bits per heavy atom. The summed E-state index contributed by atoms with van der Waals surface area (Å²) in [6.07, 6.45) is 4.83. The van der Waals surface area contributed by atoms with Crippen molar-refractivity contribution in [3.8, 4) is 5.75 Å². The first-order valence-corrected chi connectivity index (χ1v) is 11.5. The number of benzene rings is 2. The van der Waals surface area contributed by atoms with Crippen molar-refractivity contribution in [3.05, 3.63) is 72.3 Å². The first-order valence-electron chi connectivity index (χ1n) is 10.1. The second-order valence-electron chi connectivity index (χ2n) is 7.31. The Labute approximate surface area is 178 Å². The number of hydrogen-bond donors (Lipinski definition) is 0. The highest BCUT2D eigenvalue weighted by atomic mass is 32.2. The van der Waals surface area contributed by atoms with Gasteiger partial charge in [0.05, 0.1) is 12.0 Å². The summed E-state index contributed by atoms with van der Waals surface area (Å²) < 4.78 is 32.6. The van der Waals surface area contributed by atoms with Crippen molar-refractivity contribution in [3.63, 3.8) is 0 Å². The predicted octanol–water partition coefficient (Wildman–Crippen LogP) is 3.70. The maximum absolute atomic E-state index is 13.1. The predicted molar refractivity (Wildman–Crippen MR) is 117 cm³/mol. The van der Waals surface area contributed by atoms with Crippen LogP contribution in [0.1, 0.15) is 35.2 Å². The zero-order valence-corrected chi connectivity index (χ0v) is 18.1. The SMILES string of the molecule is C=CCN(Cc1ccc(C(=O)N2CCCCC2)cc1)S(=O)(=O)c1ccc(OC)cc1. The minimum atomic E-state index is -3.70. The van der Waals surface area contributed by atoms with E-state index >= 15 is 0 Å². The van der Waals surface area contributed by atoms with Crippen molar-refractivity contribution in [1.82, 2.24) is 9.21 Å². The van der Waals surface area contributed by atoms with Gasteiger partial charge in [0.25, 0.3) is 5.91 Å². The van der Waals surface area contributed by atoms with E-state index in [1.165, 1.54) is 30.0 Å². The fourth-order valence-electron chi connectivity index (χ4n) is 3.52. The Bertz CT molecular complexity index is 963. The van der Waals surface area contributed by atoms with Crippen LogP contribution in [0.5, 0.6) is 5.75 Å². The van der Waals surface area contributed by atoms with E-state index in [4.69, 9.17) is 4.74 Å². The molecule has 30 heavy (non-hydrogen) atoms. The highest BCUT2D eigenvalue weighted by Crippen LogP contribution is 2.22. The molecule has 7 heteroatoms. The number of hydrogen-bond acceptors (Lipinski definition) is 4. The lowest BCUT2D eigenvalue weighted by Gasteiger charge is -2.27. The molecule has 0 saturated carbocycles. The van der Waals surface area contributed by atoms with Crippen molar-refractivity contribution in [2.24, 2.45) is 0 Å². The van der Waals surface area contributed by atoms with Crippen molar-refractivity contribution in [2.75, 3.05) is 26.7 Å². The normalized spacial score (nSPS) is 14.5. The number of rotatable bonds is 8. The molecule has 1 saturated heterocycles. The van der Waals surface area contributed by atoms with E-state index in [2.05, 4.69) is 6.58 Å². The van der Waals surface area contributed by atoms with Crippen LogP contribution in [0.15, 0.2) is 66.1 Å². The number of sulfonamides is 1. The number of likely N-dealkylation sites (tertiary alicyclic amines) is 1. The first kappa shape index (κ1) is 22.1. The molecule has 1 heterocycles. The van der Waals surface area contributed by atoms with E-state index in [1.807, 2.05) is 17.0 Å². The molecule has 3 rings (SSSR count). The minimum absolute atomic E-state index is 0.0371. The lowest BCUT2D eigenvalue weighted by Crippen LogP contribution is -2.35. The van der Waals surface area contributed by atoms with Crippen LogP contribution in [-0.4, -0.2) is 50.3 Å². The van der Waals surface area contributed by atoms with Gasteiger partial charge in [0.1, 0.15) is 5.75 Å². The van der Waals surface area contributed by atoms with Gasteiger partial charge in [-0.05, 0) is 61.2 Å². The number of carbonyl (C=O) groups excluding carboxylic acids is 1. The molecule has 0 N–H and O–H groups in total. The molecule has 6 nitrogen and oxygen atoms in total. The quantitative estimate of drug-likeness (QED) is 0.602. The molecule has 1 aliphatic heterocycles. The molecule has 0 radical (unpaired) electrons. The molecule has 0 atom stereocenters. The van der Waals surface area contributed by atoms with Gasteiger partial charge in [0.2, 0.25) is 10.0 Å². The first-order chi connectivity index (χ1) is 14.5. The molecule has 0 bridgehead atoms. The maximum atomic E-state index is 13.1. The Kier molecular flexibility index (Phi) is 7.29. The van der Waals surface area contributed by atoms with Gasteiger partial charge in [-0.3, -0.25) is 4.79 Å².